The minimum atomic E-state index is -0.639. The summed E-state index contributed by atoms with van der Waals surface area (Å²) in [6.45, 7) is 4.95. The molecule has 0 radical (unpaired) electrons. The van der Waals surface area contributed by atoms with Crippen molar-refractivity contribution in [3.05, 3.63) is 45.8 Å². The van der Waals surface area contributed by atoms with Crippen molar-refractivity contribution in [1.29, 1.82) is 5.26 Å². The predicted octanol–water partition coefficient (Wildman–Crippen LogP) is 3.30. The summed E-state index contributed by atoms with van der Waals surface area (Å²) < 4.78 is 15.4. The van der Waals surface area contributed by atoms with E-state index in [4.69, 9.17) is 19.5 Å². The Kier molecular flexibility index (Phi) is 7.74. The van der Waals surface area contributed by atoms with Gasteiger partial charge in [-0.1, -0.05) is 0 Å². The maximum atomic E-state index is 12.3. The van der Waals surface area contributed by atoms with Gasteiger partial charge in [0.05, 0.1) is 30.4 Å². The Morgan fingerprint density at radius 3 is 2.28 bits per heavy atom. The Morgan fingerprint density at radius 2 is 1.69 bits per heavy atom. The standard InChI is InChI=1S/C20H20N2O6S/c1-4-26-19(24)16-12(3)17(20(25)27-5-2)29-18(16)22-15(23)11-28-14-8-6-13(10-21)7-9-14/h6-9H,4-5,11H2,1-3H3,(H,22,23). The van der Waals surface area contributed by atoms with E-state index in [1.807, 2.05) is 6.07 Å². The maximum Gasteiger partial charge on any atom is 0.348 e. The summed E-state index contributed by atoms with van der Waals surface area (Å²) in [4.78, 5) is 37.0. The first-order valence-electron chi connectivity index (χ1n) is 8.81. The molecule has 8 nitrogen and oxygen atoms in total. The number of nitriles is 1. The second-order valence-electron chi connectivity index (χ2n) is 5.67. The quantitative estimate of drug-likeness (QED) is 0.657. The largest absolute Gasteiger partial charge is 0.484 e. The molecule has 9 heteroatoms. The van der Waals surface area contributed by atoms with Gasteiger partial charge in [-0.15, -0.1) is 11.3 Å². The number of amides is 1. The number of ether oxygens (including phenoxy) is 3. The van der Waals surface area contributed by atoms with Gasteiger partial charge in [0.2, 0.25) is 0 Å². The van der Waals surface area contributed by atoms with Crippen molar-refractivity contribution >= 4 is 34.2 Å². The zero-order chi connectivity index (χ0) is 21.4. The number of rotatable bonds is 8. The maximum absolute atomic E-state index is 12.3. The summed E-state index contributed by atoms with van der Waals surface area (Å²) >= 11 is 0.944. The van der Waals surface area contributed by atoms with Crippen LogP contribution in [0.15, 0.2) is 24.3 Å². The van der Waals surface area contributed by atoms with Crippen molar-refractivity contribution in [3.8, 4) is 11.8 Å². The highest BCUT2D eigenvalue weighted by molar-refractivity contribution is 7.18. The smallest absolute Gasteiger partial charge is 0.348 e. The van der Waals surface area contributed by atoms with Crippen molar-refractivity contribution in [1.82, 2.24) is 0 Å². The monoisotopic (exact) mass is 416 g/mol. The van der Waals surface area contributed by atoms with Gasteiger partial charge >= 0.3 is 11.9 Å². The van der Waals surface area contributed by atoms with Crippen LogP contribution in [0.2, 0.25) is 0 Å². The lowest BCUT2D eigenvalue weighted by Gasteiger charge is -2.08. The number of benzene rings is 1. The van der Waals surface area contributed by atoms with Crippen LogP contribution in [-0.4, -0.2) is 37.7 Å². The van der Waals surface area contributed by atoms with Gasteiger partial charge in [-0.25, -0.2) is 9.59 Å². The Balaban J connectivity index is 2.17. The fourth-order valence-corrected chi connectivity index (χ4v) is 3.48. The Labute approximate surface area is 172 Å². The molecule has 2 aromatic rings. The number of hydrogen-bond acceptors (Lipinski definition) is 8. The molecular formula is C20H20N2O6S. The molecule has 0 bridgehead atoms. The number of nitrogens with one attached hydrogen (secondary N) is 1. The number of carbonyl (C=O) groups excluding carboxylic acids is 3. The van der Waals surface area contributed by atoms with Gasteiger partial charge in [-0.05, 0) is 50.6 Å². The zero-order valence-corrected chi connectivity index (χ0v) is 17.1. The summed E-state index contributed by atoms with van der Waals surface area (Å²) in [5.41, 5.74) is 0.975. The third-order valence-electron chi connectivity index (χ3n) is 3.69. The van der Waals surface area contributed by atoms with Crippen LogP contribution >= 0.6 is 11.3 Å². The molecule has 0 saturated carbocycles. The number of anilines is 1. The molecule has 152 valence electrons. The van der Waals surface area contributed by atoms with Crippen LogP contribution in [0, 0.1) is 18.3 Å². The minimum absolute atomic E-state index is 0.117. The van der Waals surface area contributed by atoms with Crippen LogP contribution in [-0.2, 0) is 14.3 Å². The molecule has 1 heterocycles. The first-order valence-corrected chi connectivity index (χ1v) is 9.63. The highest BCUT2D eigenvalue weighted by Crippen LogP contribution is 2.34. The molecule has 2 rings (SSSR count). The topological polar surface area (TPSA) is 115 Å². The second kappa shape index (κ2) is 10.2. The Hall–Kier alpha value is -3.38. The van der Waals surface area contributed by atoms with Crippen LogP contribution in [0.1, 0.15) is 45.0 Å². The molecule has 1 N–H and O–H groups in total. The molecule has 1 amide bonds. The predicted molar refractivity (Wildman–Crippen MR) is 106 cm³/mol. The highest BCUT2D eigenvalue weighted by Gasteiger charge is 2.27. The molecule has 1 aromatic carbocycles. The molecule has 0 aliphatic carbocycles. The van der Waals surface area contributed by atoms with Crippen LogP contribution < -0.4 is 10.1 Å². The van der Waals surface area contributed by atoms with Gasteiger partial charge in [0.15, 0.2) is 6.61 Å². The van der Waals surface area contributed by atoms with E-state index in [0.717, 1.165) is 11.3 Å². The lowest BCUT2D eigenvalue weighted by molar-refractivity contribution is -0.118. The van der Waals surface area contributed by atoms with E-state index in [0.29, 0.717) is 16.9 Å². The number of nitrogens with zero attached hydrogens (tertiary/aromatic N) is 1. The third-order valence-corrected chi connectivity index (χ3v) is 4.88. The second-order valence-corrected chi connectivity index (χ2v) is 6.69. The van der Waals surface area contributed by atoms with Crippen LogP contribution in [0.25, 0.3) is 0 Å². The average Bonchev–Trinajstić information content (AvgIpc) is 3.03. The van der Waals surface area contributed by atoms with Gasteiger partial charge in [0.25, 0.3) is 5.91 Å². The fourth-order valence-electron chi connectivity index (χ4n) is 2.38. The van der Waals surface area contributed by atoms with Gasteiger partial charge < -0.3 is 19.5 Å². The van der Waals surface area contributed by atoms with Gasteiger partial charge in [-0.2, -0.15) is 5.26 Å². The Morgan fingerprint density at radius 1 is 1.07 bits per heavy atom. The summed E-state index contributed by atoms with van der Waals surface area (Å²) in [7, 11) is 0. The van der Waals surface area contributed by atoms with E-state index >= 15 is 0 Å². The lowest BCUT2D eigenvalue weighted by atomic mass is 10.1. The van der Waals surface area contributed by atoms with Gasteiger partial charge in [0.1, 0.15) is 15.6 Å². The van der Waals surface area contributed by atoms with E-state index in [2.05, 4.69) is 5.32 Å². The summed E-state index contributed by atoms with van der Waals surface area (Å²) in [6, 6.07) is 8.28. The first kappa shape index (κ1) is 21.9. The van der Waals surface area contributed by atoms with E-state index < -0.39 is 17.8 Å². The van der Waals surface area contributed by atoms with Crippen LogP contribution in [0.4, 0.5) is 5.00 Å². The average molecular weight is 416 g/mol. The SMILES string of the molecule is CCOC(=O)c1sc(NC(=O)COc2ccc(C#N)cc2)c(C(=O)OCC)c1C. The number of hydrogen-bond donors (Lipinski definition) is 1. The molecule has 0 fully saturated rings. The zero-order valence-electron chi connectivity index (χ0n) is 16.2. The van der Waals surface area contributed by atoms with Crippen LogP contribution in [0.5, 0.6) is 5.75 Å². The summed E-state index contributed by atoms with van der Waals surface area (Å²) in [6.07, 6.45) is 0. The normalized spacial score (nSPS) is 10.0. The minimum Gasteiger partial charge on any atom is -0.484 e. The summed E-state index contributed by atoms with van der Waals surface area (Å²) in [5, 5.41) is 11.6. The molecular weight excluding hydrogens is 396 g/mol. The van der Waals surface area contributed by atoms with Crippen LogP contribution in [0.3, 0.4) is 0 Å². The fraction of sp³-hybridized carbons (Fsp3) is 0.300. The molecule has 0 saturated heterocycles. The molecule has 1 aromatic heterocycles. The van der Waals surface area contributed by atoms with E-state index in [1.54, 1.807) is 45.0 Å². The molecule has 0 spiro atoms. The van der Waals surface area contributed by atoms with Crippen molar-refractivity contribution in [3.63, 3.8) is 0 Å². The molecule has 0 aliphatic heterocycles. The lowest BCUT2D eigenvalue weighted by Crippen LogP contribution is -2.21. The van der Waals surface area contributed by atoms with E-state index in [-0.39, 0.29) is 35.3 Å². The Bertz CT molecular complexity index is 943. The number of carbonyl (C=O) groups is 3. The molecule has 0 atom stereocenters. The molecule has 0 aliphatic rings. The van der Waals surface area contributed by atoms with E-state index in [9.17, 15) is 14.4 Å². The summed E-state index contributed by atoms with van der Waals surface area (Å²) in [5.74, 6) is -1.31. The van der Waals surface area contributed by atoms with Crippen molar-refractivity contribution < 1.29 is 28.6 Å². The number of thiophene rings is 1. The molecule has 29 heavy (non-hydrogen) atoms. The molecule has 0 unspecified atom stereocenters. The van der Waals surface area contributed by atoms with Crippen molar-refractivity contribution in [2.24, 2.45) is 0 Å². The van der Waals surface area contributed by atoms with Gasteiger partial charge in [-0.3, -0.25) is 4.79 Å². The third kappa shape index (κ3) is 5.56. The number of esters is 2. The van der Waals surface area contributed by atoms with Crippen molar-refractivity contribution in [2.45, 2.75) is 20.8 Å². The van der Waals surface area contributed by atoms with Gasteiger partial charge in [0, 0.05) is 0 Å². The first-order chi connectivity index (χ1) is 13.9. The van der Waals surface area contributed by atoms with Crippen molar-refractivity contribution in [2.75, 3.05) is 25.1 Å². The highest BCUT2D eigenvalue weighted by atomic mass is 32.1. The van der Waals surface area contributed by atoms with E-state index in [1.165, 1.54) is 0 Å².